The monoisotopic (exact) mass is 630 g/mol. The number of nitrogens with one attached hydrogen (secondary N) is 1. The zero-order valence-electron chi connectivity index (χ0n) is 23.7. The predicted octanol–water partition coefficient (Wildman–Crippen LogP) is 5.31. The summed E-state index contributed by atoms with van der Waals surface area (Å²) >= 11 is 13.1. The second kappa shape index (κ2) is 14.4. The Hall–Kier alpha value is -3.11. The molecular weight excluding hydrogens is 595 g/mol. The van der Waals surface area contributed by atoms with Gasteiger partial charge in [-0.05, 0) is 42.7 Å². The van der Waals surface area contributed by atoms with E-state index in [1.807, 2.05) is 30.3 Å². The van der Waals surface area contributed by atoms with Crippen LogP contribution in [0.2, 0.25) is 10.0 Å². The van der Waals surface area contributed by atoms with Crippen LogP contribution in [0.15, 0.2) is 78.9 Å². The van der Waals surface area contributed by atoms with Crippen molar-refractivity contribution in [2.45, 2.75) is 50.7 Å². The number of carbonyl (C=O) groups excluding carboxylic acids is 2. The second-order valence-electron chi connectivity index (χ2n) is 10.5. The lowest BCUT2D eigenvalue weighted by Gasteiger charge is -2.35. The van der Waals surface area contributed by atoms with E-state index in [1.165, 1.54) is 19.0 Å². The molecule has 3 aromatic carbocycles. The van der Waals surface area contributed by atoms with Gasteiger partial charge >= 0.3 is 10.2 Å². The lowest BCUT2D eigenvalue weighted by molar-refractivity contribution is -0.140. The predicted molar refractivity (Wildman–Crippen MR) is 168 cm³/mol. The summed E-state index contributed by atoms with van der Waals surface area (Å²) in [5.41, 5.74) is 1.65. The van der Waals surface area contributed by atoms with Crippen molar-refractivity contribution < 1.29 is 18.0 Å². The quantitative estimate of drug-likeness (QED) is 0.294. The smallest absolute Gasteiger partial charge is 0.304 e. The van der Waals surface area contributed by atoms with Crippen LogP contribution < -0.4 is 9.62 Å². The highest BCUT2D eigenvalue weighted by Crippen LogP contribution is 2.28. The summed E-state index contributed by atoms with van der Waals surface area (Å²) in [6.07, 6.45) is 4.02. The topological polar surface area (TPSA) is 90.0 Å². The van der Waals surface area contributed by atoms with Gasteiger partial charge in [0.05, 0.1) is 5.69 Å². The molecule has 1 fully saturated rings. The summed E-state index contributed by atoms with van der Waals surface area (Å²) in [6.45, 7) is -0.619. The number of carbonyl (C=O) groups is 2. The number of nitrogens with zero attached hydrogens (tertiary/aromatic N) is 3. The Kier molecular flexibility index (Phi) is 10.9. The van der Waals surface area contributed by atoms with Gasteiger partial charge in [-0.2, -0.15) is 12.7 Å². The van der Waals surface area contributed by atoms with Gasteiger partial charge in [0.2, 0.25) is 11.8 Å². The molecule has 0 saturated heterocycles. The number of rotatable bonds is 12. The molecule has 0 spiro atoms. The Morgan fingerprint density at radius 2 is 1.45 bits per heavy atom. The molecule has 224 valence electrons. The second-order valence-corrected chi connectivity index (χ2v) is 13.4. The van der Waals surface area contributed by atoms with Crippen LogP contribution in [-0.2, 0) is 32.8 Å². The van der Waals surface area contributed by atoms with Crippen molar-refractivity contribution in [1.29, 1.82) is 0 Å². The molecule has 0 aliphatic heterocycles. The largest absolute Gasteiger partial charge is 0.352 e. The van der Waals surface area contributed by atoms with Crippen LogP contribution in [-0.4, -0.2) is 62.2 Å². The minimum Gasteiger partial charge on any atom is -0.352 e. The maximum Gasteiger partial charge on any atom is 0.304 e. The van der Waals surface area contributed by atoms with Crippen molar-refractivity contribution in [3.63, 3.8) is 0 Å². The van der Waals surface area contributed by atoms with Gasteiger partial charge < -0.3 is 10.2 Å². The van der Waals surface area contributed by atoms with Crippen LogP contribution in [0.1, 0.15) is 36.8 Å². The summed E-state index contributed by atoms with van der Waals surface area (Å²) < 4.78 is 29.0. The Labute approximate surface area is 258 Å². The average molecular weight is 632 g/mol. The van der Waals surface area contributed by atoms with Crippen LogP contribution in [0.5, 0.6) is 0 Å². The van der Waals surface area contributed by atoms with Gasteiger partial charge in [-0.25, -0.2) is 4.31 Å². The third-order valence-corrected chi connectivity index (χ3v) is 9.95. The molecule has 1 aliphatic rings. The molecule has 0 heterocycles. The Morgan fingerprint density at radius 1 is 0.881 bits per heavy atom. The van der Waals surface area contributed by atoms with Crippen molar-refractivity contribution in [1.82, 2.24) is 14.5 Å². The van der Waals surface area contributed by atoms with Crippen LogP contribution in [0, 0.1) is 0 Å². The molecule has 1 saturated carbocycles. The molecule has 1 atom stereocenters. The molecule has 1 aliphatic carbocycles. The summed E-state index contributed by atoms with van der Waals surface area (Å²) in [4.78, 5) is 29.7. The molecule has 42 heavy (non-hydrogen) atoms. The van der Waals surface area contributed by atoms with Crippen LogP contribution in [0.25, 0.3) is 0 Å². The molecule has 11 heteroatoms. The number of hydrogen-bond acceptors (Lipinski definition) is 4. The molecule has 0 radical (unpaired) electrons. The zero-order valence-corrected chi connectivity index (χ0v) is 26.1. The van der Waals surface area contributed by atoms with E-state index >= 15 is 0 Å². The summed E-state index contributed by atoms with van der Waals surface area (Å²) in [5, 5.41) is 3.83. The highest BCUT2D eigenvalue weighted by molar-refractivity contribution is 7.90. The van der Waals surface area contributed by atoms with Gasteiger partial charge in [0.1, 0.15) is 12.6 Å². The van der Waals surface area contributed by atoms with E-state index in [2.05, 4.69) is 5.32 Å². The zero-order chi connectivity index (χ0) is 30.3. The molecule has 2 amide bonds. The fourth-order valence-electron chi connectivity index (χ4n) is 5.09. The molecular formula is C31H36Cl2N4O4S. The molecule has 0 unspecified atom stereocenters. The number of benzene rings is 3. The highest BCUT2D eigenvalue weighted by Gasteiger charge is 2.36. The number of anilines is 1. The van der Waals surface area contributed by atoms with Gasteiger partial charge in [0.15, 0.2) is 0 Å². The van der Waals surface area contributed by atoms with E-state index < -0.39 is 28.7 Å². The summed E-state index contributed by atoms with van der Waals surface area (Å²) in [5.74, 6) is -0.869. The first-order chi connectivity index (χ1) is 20.1. The van der Waals surface area contributed by atoms with E-state index in [-0.39, 0.29) is 24.9 Å². The van der Waals surface area contributed by atoms with E-state index in [4.69, 9.17) is 23.2 Å². The number of hydrogen-bond donors (Lipinski definition) is 1. The van der Waals surface area contributed by atoms with Gasteiger partial charge in [0, 0.05) is 48.7 Å². The molecule has 0 bridgehead atoms. The standard InChI is InChI=1S/C31H36Cl2N4O4S/c1-35(2)42(40,41)37(25-16-7-4-8-17-25)22-30(38)36(21-26-27(32)18-11-19-28(26)33)29(20-23-12-5-3-6-13-23)31(39)34-24-14-9-10-15-24/h3-8,11-13,16-19,24,29H,9-10,14-15,20-22H2,1-2H3,(H,34,39)/t29-/m0/s1. The molecule has 0 aromatic heterocycles. The average Bonchev–Trinajstić information content (AvgIpc) is 3.48. The molecule has 1 N–H and O–H groups in total. The summed E-state index contributed by atoms with van der Waals surface area (Å²) in [6, 6.07) is 21.9. The van der Waals surface area contributed by atoms with Crippen LogP contribution in [0.4, 0.5) is 5.69 Å². The highest BCUT2D eigenvalue weighted by atomic mass is 35.5. The van der Waals surface area contributed by atoms with Gasteiger partial charge in [-0.15, -0.1) is 0 Å². The van der Waals surface area contributed by atoms with Crippen molar-refractivity contribution >= 4 is 50.9 Å². The maximum atomic E-state index is 14.3. The fraction of sp³-hybridized carbons (Fsp3) is 0.355. The molecule has 4 rings (SSSR count). The maximum absolute atomic E-state index is 14.3. The van der Waals surface area contributed by atoms with Crippen LogP contribution >= 0.6 is 23.2 Å². The van der Waals surface area contributed by atoms with Crippen molar-refractivity contribution in [3.8, 4) is 0 Å². The first-order valence-corrected chi connectivity index (χ1v) is 16.0. The lowest BCUT2D eigenvalue weighted by atomic mass is 10.0. The Morgan fingerprint density at radius 3 is 2.02 bits per heavy atom. The van der Waals surface area contributed by atoms with E-state index in [1.54, 1.807) is 48.5 Å². The number of para-hydroxylation sites is 1. The summed E-state index contributed by atoms with van der Waals surface area (Å²) in [7, 11) is -1.25. The number of amides is 2. The van der Waals surface area contributed by atoms with Crippen molar-refractivity contribution in [2.24, 2.45) is 0 Å². The Bertz CT molecular complexity index is 1450. The van der Waals surface area contributed by atoms with E-state index in [9.17, 15) is 18.0 Å². The van der Waals surface area contributed by atoms with Gasteiger partial charge in [-0.1, -0.05) is 90.6 Å². The number of halogens is 2. The minimum atomic E-state index is -4.07. The lowest BCUT2D eigenvalue weighted by Crippen LogP contribution is -2.55. The third kappa shape index (κ3) is 7.83. The molecule has 3 aromatic rings. The minimum absolute atomic E-state index is 0.0200. The van der Waals surface area contributed by atoms with Gasteiger partial charge in [-0.3, -0.25) is 9.59 Å². The SMILES string of the molecule is CN(C)S(=O)(=O)N(CC(=O)N(Cc1c(Cl)cccc1Cl)[C@@H](Cc1ccccc1)C(=O)NC1CCCC1)c1ccccc1. The first-order valence-electron chi connectivity index (χ1n) is 13.9. The third-order valence-electron chi connectivity index (χ3n) is 7.43. The van der Waals surface area contributed by atoms with E-state index in [0.29, 0.717) is 21.3 Å². The normalized spacial score (nSPS) is 14.5. The Balaban J connectivity index is 1.78. The van der Waals surface area contributed by atoms with E-state index in [0.717, 1.165) is 39.9 Å². The van der Waals surface area contributed by atoms with Crippen LogP contribution in [0.3, 0.4) is 0 Å². The van der Waals surface area contributed by atoms with Crippen molar-refractivity contribution in [2.75, 3.05) is 24.9 Å². The van der Waals surface area contributed by atoms with Gasteiger partial charge in [0.25, 0.3) is 0 Å². The first kappa shape index (κ1) is 31.8. The fourth-order valence-corrected chi connectivity index (χ4v) is 6.66. The van der Waals surface area contributed by atoms with Crippen molar-refractivity contribution in [3.05, 3.63) is 100 Å². The molecule has 8 nitrogen and oxygen atoms in total.